The lowest BCUT2D eigenvalue weighted by molar-refractivity contribution is -0.131. The SMILES string of the molecule is N#Cc1cc(F)c(C2NNC(=S)N(N)C2=O)cc1F. The predicted molar refractivity (Wildman–Crippen MR) is 63.7 cm³/mol. The molecule has 6 nitrogen and oxygen atoms in total. The molecule has 1 unspecified atom stereocenters. The Balaban J connectivity index is 2.43. The third-order valence-corrected chi connectivity index (χ3v) is 2.84. The summed E-state index contributed by atoms with van der Waals surface area (Å²) in [6.07, 6.45) is 0. The number of thiocarbonyl (C=S) groups is 1. The van der Waals surface area contributed by atoms with E-state index < -0.39 is 29.1 Å². The summed E-state index contributed by atoms with van der Waals surface area (Å²) in [6, 6.07) is 1.75. The number of nitrogens with two attached hydrogens (primary N) is 1. The second kappa shape index (κ2) is 4.85. The van der Waals surface area contributed by atoms with E-state index in [0.29, 0.717) is 11.1 Å². The van der Waals surface area contributed by atoms with Crippen molar-refractivity contribution in [1.82, 2.24) is 15.9 Å². The van der Waals surface area contributed by atoms with E-state index >= 15 is 0 Å². The average molecular weight is 283 g/mol. The Kier molecular flexibility index (Phi) is 3.39. The van der Waals surface area contributed by atoms with Crippen LogP contribution in [0.1, 0.15) is 17.2 Å². The zero-order valence-electron chi connectivity index (χ0n) is 9.28. The molecule has 1 atom stereocenters. The van der Waals surface area contributed by atoms with Crippen LogP contribution in [0.15, 0.2) is 12.1 Å². The minimum Gasteiger partial charge on any atom is -0.296 e. The molecule has 1 aromatic rings. The molecular formula is C10H7F2N5OS. The van der Waals surface area contributed by atoms with E-state index in [1.807, 2.05) is 0 Å². The van der Waals surface area contributed by atoms with Gasteiger partial charge in [0.25, 0.3) is 5.91 Å². The third kappa shape index (κ3) is 2.24. The van der Waals surface area contributed by atoms with E-state index in [1.165, 1.54) is 6.07 Å². The summed E-state index contributed by atoms with van der Waals surface area (Å²) in [7, 11) is 0. The zero-order valence-corrected chi connectivity index (χ0v) is 10.1. The van der Waals surface area contributed by atoms with Crippen molar-refractivity contribution in [2.75, 3.05) is 0 Å². The van der Waals surface area contributed by atoms with E-state index in [0.717, 1.165) is 6.07 Å². The van der Waals surface area contributed by atoms with E-state index in [9.17, 15) is 13.6 Å². The highest BCUT2D eigenvalue weighted by molar-refractivity contribution is 7.80. The van der Waals surface area contributed by atoms with Crippen molar-refractivity contribution in [2.24, 2.45) is 5.84 Å². The maximum Gasteiger partial charge on any atom is 0.266 e. The molecule has 0 bridgehead atoms. The number of benzene rings is 1. The van der Waals surface area contributed by atoms with Gasteiger partial charge in [0.2, 0.25) is 5.11 Å². The number of rotatable bonds is 1. The number of hydrazine groups is 2. The van der Waals surface area contributed by atoms with Gasteiger partial charge in [-0.1, -0.05) is 0 Å². The topological polar surface area (TPSA) is 94.2 Å². The molecule has 1 aromatic carbocycles. The smallest absolute Gasteiger partial charge is 0.266 e. The third-order valence-electron chi connectivity index (χ3n) is 2.54. The minimum atomic E-state index is -1.24. The summed E-state index contributed by atoms with van der Waals surface area (Å²) >= 11 is 4.70. The number of halogens is 2. The first-order valence-corrected chi connectivity index (χ1v) is 5.39. The van der Waals surface area contributed by atoms with Crippen molar-refractivity contribution in [3.05, 3.63) is 34.9 Å². The van der Waals surface area contributed by atoms with Crippen LogP contribution in [0.4, 0.5) is 8.78 Å². The molecule has 4 N–H and O–H groups in total. The number of carbonyl (C=O) groups excluding carboxylic acids is 1. The highest BCUT2D eigenvalue weighted by atomic mass is 32.1. The molecule has 1 amide bonds. The van der Waals surface area contributed by atoms with Crippen LogP contribution >= 0.6 is 12.2 Å². The summed E-state index contributed by atoms with van der Waals surface area (Å²) < 4.78 is 27.2. The number of hydrogen-bond donors (Lipinski definition) is 3. The summed E-state index contributed by atoms with van der Waals surface area (Å²) in [5.74, 6) is 2.80. The summed E-state index contributed by atoms with van der Waals surface area (Å²) in [4.78, 5) is 11.8. The van der Waals surface area contributed by atoms with Crippen LogP contribution in [-0.4, -0.2) is 16.0 Å². The molecule has 0 saturated carbocycles. The first kappa shape index (κ1) is 13.3. The molecule has 0 aliphatic carbocycles. The summed E-state index contributed by atoms with van der Waals surface area (Å²) in [5, 5.41) is 9.11. The molecule has 1 heterocycles. The summed E-state index contributed by atoms with van der Waals surface area (Å²) in [5.41, 5.74) is 4.09. The fourth-order valence-electron chi connectivity index (χ4n) is 1.57. The van der Waals surface area contributed by atoms with E-state index in [4.69, 9.17) is 23.3 Å². The lowest BCUT2D eigenvalue weighted by atomic mass is 10.0. The lowest BCUT2D eigenvalue weighted by Gasteiger charge is -2.31. The molecule has 98 valence electrons. The summed E-state index contributed by atoms with van der Waals surface area (Å²) in [6.45, 7) is 0. The van der Waals surface area contributed by atoms with Gasteiger partial charge in [-0.15, -0.1) is 0 Å². The number of nitriles is 1. The van der Waals surface area contributed by atoms with Gasteiger partial charge in [-0.05, 0) is 24.4 Å². The Morgan fingerprint density at radius 3 is 2.74 bits per heavy atom. The first-order valence-electron chi connectivity index (χ1n) is 4.99. The van der Waals surface area contributed by atoms with Crippen LogP contribution in [0, 0.1) is 23.0 Å². The van der Waals surface area contributed by atoms with E-state index in [1.54, 1.807) is 0 Å². The van der Waals surface area contributed by atoms with Gasteiger partial charge < -0.3 is 0 Å². The van der Waals surface area contributed by atoms with Gasteiger partial charge in [0.15, 0.2) is 0 Å². The lowest BCUT2D eigenvalue weighted by Crippen LogP contribution is -2.62. The van der Waals surface area contributed by atoms with Gasteiger partial charge in [0.1, 0.15) is 23.7 Å². The zero-order chi connectivity index (χ0) is 14.2. The van der Waals surface area contributed by atoms with Crippen molar-refractivity contribution < 1.29 is 13.6 Å². The molecule has 0 aromatic heterocycles. The second-order valence-electron chi connectivity index (χ2n) is 3.68. The van der Waals surface area contributed by atoms with Crippen molar-refractivity contribution in [2.45, 2.75) is 6.04 Å². The van der Waals surface area contributed by atoms with Gasteiger partial charge in [0, 0.05) is 5.56 Å². The standard InChI is InChI=1S/C10H7F2N5OS/c11-6-2-5(7(12)1-4(6)3-13)8-9(18)17(14)10(19)16-15-8/h1-2,8,15H,14H2,(H,16,19). The Bertz CT molecular complexity index is 615. The Morgan fingerprint density at radius 1 is 1.42 bits per heavy atom. The van der Waals surface area contributed by atoms with E-state index in [2.05, 4.69) is 10.9 Å². The maximum atomic E-state index is 13.8. The number of amides is 1. The highest BCUT2D eigenvalue weighted by Gasteiger charge is 2.33. The Morgan fingerprint density at radius 2 is 2.11 bits per heavy atom. The van der Waals surface area contributed by atoms with E-state index in [-0.39, 0.29) is 10.7 Å². The molecular weight excluding hydrogens is 276 g/mol. The predicted octanol–water partition coefficient (Wildman–Crippen LogP) is -0.0274. The van der Waals surface area contributed by atoms with Crippen LogP contribution in [0.3, 0.4) is 0 Å². The maximum absolute atomic E-state index is 13.8. The molecule has 1 aliphatic heterocycles. The van der Waals surface area contributed by atoms with Crippen LogP contribution in [-0.2, 0) is 4.79 Å². The van der Waals surface area contributed by atoms with Crippen molar-refractivity contribution in [3.63, 3.8) is 0 Å². The molecule has 9 heteroatoms. The molecule has 1 fully saturated rings. The molecule has 19 heavy (non-hydrogen) atoms. The largest absolute Gasteiger partial charge is 0.296 e. The monoisotopic (exact) mass is 283 g/mol. The molecule has 1 aliphatic rings. The van der Waals surface area contributed by atoms with Crippen molar-refractivity contribution >= 4 is 23.2 Å². The fourth-order valence-corrected chi connectivity index (χ4v) is 1.72. The molecule has 0 spiro atoms. The quantitative estimate of drug-likeness (QED) is 0.381. The molecule has 2 rings (SSSR count). The van der Waals surface area contributed by atoms with Gasteiger partial charge in [-0.25, -0.2) is 25.1 Å². The average Bonchev–Trinajstić information content (AvgIpc) is 2.39. The minimum absolute atomic E-state index is 0.0872. The van der Waals surface area contributed by atoms with Gasteiger partial charge >= 0.3 is 0 Å². The Hall–Kier alpha value is -2.15. The van der Waals surface area contributed by atoms with Crippen molar-refractivity contribution in [1.29, 1.82) is 5.26 Å². The van der Waals surface area contributed by atoms with Gasteiger partial charge in [-0.2, -0.15) is 5.26 Å². The van der Waals surface area contributed by atoms with Crippen LogP contribution in [0.2, 0.25) is 0 Å². The Labute approximate surface area is 111 Å². The van der Waals surface area contributed by atoms with Gasteiger partial charge in [0.05, 0.1) is 5.56 Å². The molecule has 1 saturated heterocycles. The van der Waals surface area contributed by atoms with Crippen LogP contribution in [0.25, 0.3) is 0 Å². The van der Waals surface area contributed by atoms with Crippen LogP contribution < -0.4 is 16.7 Å². The fraction of sp³-hybridized carbons (Fsp3) is 0.100. The normalized spacial score (nSPS) is 19.1. The number of nitrogens with zero attached hydrogens (tertiary/aromatic N) is 2. The number of nitrogens with one attached hydrogen (secondary N) is 2. The first-order chi connectivity index (χ1) is 8.95. The van der Waals surface area contributed by atoms with Gasteiger partial charge in [-0.3, -0.25) is 10.2 Å². The number of hydrogen-bond acceptors (Lipinski definition) is 5. The van der Waals surface area contributed by atoms with Crippen molar-refractivity contribution in [3.8, 4) is 6.07 Å². The van der Waals surface area contributed by atoms with Crippen LogP contribution in [0.5, 0.6) is 0 Å². The second-order valence-corrected chi connectivity index (χ2v) is 4.07. The highest BCUT2D eigenvalue weighted by Crippen LogP contribution is 2.23. The number of carbonyl (C=O) groups is 1. The molecule has 0 radical (unpaired) electrons.